The Balaban J connectivity index is 1.72. The van der Waals surface area contributed by atoms with Crippen LogP contribution in [0.3, 0.4) is 0 Å². The molecule has 0 saturated carbocycles. The Hall–Kier alpha value is -1.01. The number of aryl methyl sites for hydroxylation is 1. The Morgan fingerprint density at radius 3 is 2.08 bits per heavy atom. The molecule has 3 rings (SSSR count). The maximum Gasteiger partial charge on any atom is 0.494 e. The van der Waals surface area contributed by atoms with Gasteiger partial charge in [0.15, 0.2) is 0 Å². The van der Waals surface area contributed by atoms with Crippen molar-refractivity contribution in [3.63, 3.8) is 0 Å². The van der Waals surface area contributed by atoms with E-state index in [1.807, 2.05) is 6.82 Å². The van der Waals surface area contributed by atoms with Gasteiger partial charge < -0.3 is 24.0 Å². The second-order valence-electron chi connectivity index (χ2n) is 8.29. The van der Waals surface area contributed by atoms with Gasteiger partial charge in [0.05, 0.1) is 11.2 Å². The van der Waals surface area contributed by atoms with Crippen molar-refractivity contribution in [2.45, 2.75) is 52.6 Å². The molecular formula is C18H30B2N2O3. The van der Waals surface area contributed by atoms with Gasteiger partial charge in [-0.1, -0.05) is 12.1 Å². The van der Waals surface area contributed by atoms with Crippen molar-refractivity contribution in [1.82, 2.24) is 4.81 Å². The van der Waals surface area contributed by atoms with Gasteiger partial charge in [0.1, 0.15) is 0 Å². The zero-order valence-corrected chi connectivity index (χ0v) is 16.4. The summed E-state index contributed by atoms with van der Waals surface area (Å²) in [5.74, 6) is 0. The van der Waals surface area contributed by atoms with Gasteiger partial charge in [0.2, 0.25) is 0 Å². The lowest BCUT2D eigenvalue weighted by Gasteiger charge is -2.37. The van der Waals surface area contributed by atoms with E-state index in [1.165, 1.54) is 11.3 Å². The van der Waals surface area contributed by atoms with Crippen LogP contribution in [-0.2, 0) is 9.31 Å². The van der Waals surface area contributed by atoms with Gasteiger partial charge in [-0.25, -0.2) is 0 Å². The number of piperazine rings is 1. The summed E-state index contributed by atoms with van der Waals surface area (Å²) >= 11 is 0. The molecule has 1 N–H and O–H groups in total. The number of hydrogen-bond acceptors (Lipinski definition) is 5. The van der Waals surface area contributed by atoms with Crippen LogP contribution in [-0.4, -0.2) is 61.4 Å². The maximum atomic E-state index is 9.71. The van der Waals surface area contributed by atoms with Crippen LogP contribution in [0.15, 0.2) is 18.2 Å². The first-order valence-electron chi connectivity index (χ1n) is 9.24. The number of nitrogens with zero attached hydrogens (tertiary/aromatic N) is 2. The first-order valence-corrected chi connectivity index (χ1v) is 9.24. The van der Waals surface area contributed by atoms with Crippen molar-refractivity contribution in [3.05, 3.63) is 23.8 Å². The molecule has 2 saturated heterocycles. The highest BCUT2D eigenvalue weighted by Gasteiger charge is 2.51. The van der Waals surface area contributed by atoms with Crippen LogP contribution in [0.2, 0.25) is 6.82 Å². The topological polar surface area (TPSA) is 45.2 Å². The van der Waals surface area contributed by atoms with E-state index < -0.39 is 0 Å². The normalized spacial score (nSPS) is 23.2. The maximum absolute atomic E-state index is 9.71. The van der Waals surface area contributed by atoms with Crippen LogP contribution in [0, 0.1) is 6.92 Å². The van der Waals surface area contributed by atoms with E-state index >= 15 is 0 Å². The molecule has 0 spiro atoms. The van der Waals surface area contributed by atoms with E-state index in [0.29, 0.717) is 0 Å². The minimum absolute atomic E-state index is 0.315. The second-order valence-corrected chi connectivity index (χ2v) is 8.29. The Kier molecular flexibility index (Phi) is 4.97. The molecule has 136 valence electrons. The van der Waals surface area contributed by atoms with Gasteiger partial charge in [-0.2, -0.15) is 0 Å². The van der Waals surface area contributed by atoms with Crippen LogP contribution < -0.4 is 10.4 Å². The summed E-state index contributed by atoms with van der Waals surface area (Å²) in [6, 6.07) is 6.47. The second kappa shape index (κ2) is 6.62. The average molecular weight is 344 g/mol. The molecule has 2 aliphatic heterocycles. The van der Waals surface area contributed by atoms with E-state index in [4.69, 9.17) is 9.31 Å². The summed E-state index contributed by atoms with van der Waals surface area (Å²) in [5, 5.41) is 9.71. The molecule has 0 amide bonds. The molecular weight excluding hydrogens is 314 g/mol. The van der Waals surface area contributed by atoms with E-state index in [2.05, 4.69) is 62.5 Å². The third-order valence-electron chi connectivity index (χ3n) is 5.93. The smallest absolute Gasteiger partial charge is 0.437 e. The van der Waals surface area contributed by atoms with Crippen molar-refractivity contribution in [2.75, 3.05) is 31.1 Å². The van der Waals surface area contributed by atoms with Gasteiger partial charge in [0, 0.05) is 31.9 Å². The molecule has 2 aliphatic rings. The number of anilines is 1. The Bertz CT molecular complexity index is 613. The molecule has 7 heteroatoms. The molecule has 0 bridgehead atoms. The van der Waals surface area contributed by atoms with Crippen molar-refractivity contribution in [3.8, 4) is 0 Å². The molecule has 5 nitrogen and oxygen atoms in total. The summed E-state index contributed by atoms with van der Waals surface area (Å²) in [7, 11) is -0.682. The number of benzene rings is 1. The Morgan fingerprint density at radius 2 is 1.60 bits per heavy atom. The van der Waals surface area contributed by atoms with E-state index in [-0.39, 0.29) is 25.4 Å². The Labute approximate surface area is 152 Å². The first-order chi connectivity index (χ1) is 11.6. The minimum atomic E-state index is -0.367. The predicted octanol–water partition coefficient (Wildman–Crippen LogP) is 1.53. The van der Waals surface area contributed by atoms with Crippen molar-refractivity contribution >= 4 is 25.3 Å². The molecule has 1 aromatic carbocycles. The number of hydrogen-bond donors (Lipinski definition) is 1. The van der Waals surface area contributed by atoms with Crippen molar-refractivity contribution in [1.29, 1.82) is 0 Å². The molecule has 0 unspecified atom stereocenters. The molecule has 1 aromatic rings. The molecule has 25 heavy (non-hydrogen) atoms. The average Bonchev–Trinajstić information content (AvgIpc) is 2.75. The van der Waals surface area contributed by atoms with E-state index in [9.17, 15) is 5.02 Å². The third-order valence-corrected chi connectivity index (χ3v) is 5.93. The molecule has 2 heterocycles. The molecule has 0 aliphatic carbocycles. The highest BCUT2D eigenvalue weighted by Crippen LogP contribution is 2.36. The Morgan fingerprint density at radius 1 is 1.04 bits per heavy atom. The zero-order valence-electron chi connectivity index (χ0n) is 16.4. The third kappa shape index (κ3) is 3.61. The lowest BCUT2D eigenvalue weighted by atomic mass is 9.78. The highest BCUT2D eigenvalue weighted by molar-refractivity contribution is 6.62. The van der Waals surface area contributed by atoms with E-state index in [1.54, 1.807) is 0 Å². The van der Waals surface area contributed by atoms with Crippen LogP contribution >= 0.6 is 0 Å². The highest BCUT2D eigenvalue weighted by atomic mass is 16.7. The monoisotopic (exact) mass is 344 g/mol. The van der Waals surface area contributed by atoms with Crippen LogP contribution in [0.25, 0.3) is 0 Å². The van der Waals surface area contributed by atoms with Crippen LogP contribution in [0.1, 0.15) is 33.3 Å². The van der Waals surface area contributed by atoms with Gasteiger partial charge in [-0.05, 0) is 58.5 Å². The van der Waals surface area contributed by atoms with Crippen LogP contribution in [0.4, 0.5) is 5.69 Å². The largest absolute Gasteiger partial charge is 0.494 e. The predicted molar refractivity (Wildman–Crippen MR) is 105 cm³/mol. The summed E-state index contributed by atoms with van der Waals surface area (Å²) in [5.41, 5.74) is 2.93. The van der Waals surface area contributed by atoms with Gasteiger partial charge in [-0.3, -0.25) is 0 Å². The molecule has 0 atom stereocenters. The van der Waals surface area contributed by atoms with Gasteiger partial charge in [-0.15, -0.1) is 0 Å². The lowest BCUT2D eigenvalue weighted by molar-refractivity contribution is 0.00578. The molecule has 0 radical (unpaired) electrons. The zero-order chi connectivity index (χ0) is 18.4. The summed E-state index contributed by atoms with van der Waals surface area (Å²) in [6.07, 6.45) is 0. The first kappa shape index (κ1) is 18.8. The molecule has 2 fully saturated rings. The van der Waals surface area contributed by atoms with Crippen molar-refractivity contribution in [2.24, 2.45) is 0 Å². The fourth-order valence-corrected chi connectivity index (χ4v) is 3.50. The summed E-state index contributed by atoms with van der Waals surface area (Å²) < 4.78 is 12.3. The van der Waals surface area contributed by atoms with Gasteiger partial charge in [0.25, 0.3) is 0 Å². The van der Waals surface area contributed by atoms with E-state index in [0.717, 1.165) is 31.6 Å². The summed E-state index contributed by atoms with van der Waals surface area (Å²) in [4.78, 5) is 4.49. The fraction of sp³-hybridized carbons (Fsp3) is 0.667. The lowest BCUT2D eigenvalue weighted by Crippen LogP contribution is -2.51. The fourth-order valence-electron chi connectivity index (χ4n) is 3.50. The standard InChI is InChI=1S/C18H30B2N2O3/c1-14-13-15(20-24-17(2,3)18(4,5)25-20)7-8-16(14)21-9-11-22(12-10-21)19(6)23/h7-8,13,23H,9-12H2,1-6H3. The summed E-state index contributed by atoms with van der Waals surface area (Å²) in [6.45, 7) is 15.9. The minimum Gasteiger partial charge on any atom is -0.437 e. The quantitative estimate of drug-likeness (QED) is 0.843. The van der Waals surface area contributed by atoms with Gasteiger partial charge >= 0.3 is 14.2 Å². The SMILES string of the molecule is CB(O)N1CCN(c2ccc(B3OC(C)(C)C(C)(C)O3)cc2C)CC1. The van der Waals surface area contributed by atoms with Crippen molar-refractivity contribution < 1.29 is 14.3 Å². The number of rotatable bonds is 3. The molecule has 0 aromatic heterocycles. The van der Waals surface area contributed by atoms with Crippen LogP contribution in [0.5, 0.6) is 0 Å².